The number of rotatable bonds is 4. The van der Waals surface area contributed by atoms with Gasteiger partial charge in [0.1, 0.15) is 11.5 Å². The third-order valence-corrected chi connectivity index (χ3v) is 5.35. The Morgan fingerprint density at radius 2 is 1.74 bits per heavy atom. The highest BCUT2D eigenvalue weighted by Gasteiger charge is 2.30. The van der Waals surface area contributed by atoms with Crippen molar-refractivity contribution < 1.29 is 13.2 Å². The summed E-state index contributed by atoms with van der Waals surface area (Å²) in [6.07, 6.45) is 0.386. The maximum Gasteiger partial charge on any atom is 0.416 e. The third-order valence-electron chi connectivity index (χ3n) is 5.35. The smallest absolute Gasteiger partial charge is 0.384 e. The maximum atomic E-state index is 13.0. The van der Waals surface area contributed by atoms with Crippen molar-refractivity contribution in [2.24, 2.45) is 0 Å². The van der Waals surface area contributed by atoms with Crippen molar-refractivity contribution >= 4 is 16.9 Å². The average Bonchev–Trinajstić information content (AvgIpc) is 3.20. The van der Waals surface area contributed by atoms with E-state index in [1.807, 2.05) is 0 Å². The fourth-order valence-corrected chi connectivity index (χ4v) is 3.71. The van der Waals surface area contributed by atoms with E-state index in [1.165, 1.54) is 27.4 Å². The molecule has 0 radical (unpaired) electrons. The van der Waals surface area contributed by atoms with Gasteiger partial charge in [0.05, 0.1) is 17.8 Å². The number of nitrogen functional groups attached to an aromatic ring is 1. The quantitative estimate of drug-likeness (QED) is 0.430. The summed E-state index contributed by atoms with van der Waals surface area (Å²) in [5.41, 5.74) is 7.52. The highest BCUT2D eigenvalue weighted by atomic mass is 19.4. The molecule has 0 aliphatic carbocycles. The van der Waals surface area contributed by atoms with Gasteiger partial charge in [-0.2, -0.15) is 18.3 Å². The SMILES string of the molecule is Nc1cc(Cn2ccc(-c3nn(-c4ccc(C(F)(F)F)cc4)c4ncccc34)cc2=O)ccn1. The Bertz CT molecular complexity index is 1550. The van der Waals surface area contributed by atoms with Crippen LogP contribution in [-0.2, 0) is 12.7 Å². The molecule has 170 valence electrons. The molecule has 10 heteroatoms. The number of anilines is 1. The van der Waals surface area contributed by atoms with Crippen LogP contribution >= 0.6 is 0 Å². The van der Waals surface area contributed by atoms with Crippen LogP contribution in [-0.4, -0.2) is 24.3 Å². The summed E-state index contributed by atoms with van der Waals surface area (Å²) in [4.78, 5) is 21.1. The van der Waals surface area contributed by atoms with Gasteiger partial charge in [-0.05, 0) is 60.2 Å². The fraction of sp³-hybridized carbons (Fsp3) is 0.0833. The van der Waals surface area contributed by atoms with E-state index in [-0.39, 0.29) is 5.56 Å². The molecule has 5 aromatic rings. The molecule has 4 heterocycles. The van der Waals surface area contributed by atoms with Gasteiger partial charge in [0.25, 0.3) is 5.56 Å². The van der Waals surface area contributed by atoms with Crippen molar-refractivity contribution in [2.75, 3.05) is 5.73 Å². The standard InChI is InChI=1S/C24H17F3N6O/c25-24(26,27)17-3-5-18(6-4-17)33-23-19(2-1-9-30-23)22(31-33)16-8-11-32(21(34)13-16)14-15-7-10-29-20(28)12-15/h1-13H,14H2,(H2,28,29). The Morgan fingerprint density at radius 1 is 0.941 bits per heavy atom. The summed E-state index contributed by atoms with van der Waals surface area (Å²) in [5, 5.41) is 5.26. The molecule has 0 atom stereocenters. The van der Waals surface area contributed by atoms with Gasteiger partial charge < -0.3 is 10.3 Å². The lowest BCUT2D eigenvalue weighted by Crippen LogP contribution is -2.19. The van der Waals surface area contributed by atoms with Crippen LogP contribution in [0.25, 0.3) is 28.0 Å². The van der Waals surface area contributed by atoms with Crippen molar-refractivity contribution in [2.45, 2.75) is 12.7 Å². The number of pyridine rings is 3. The minimum atomic E-state index is -4.43. The second kappa shape index (κ2) is 8.14. The van der Waals surface area contributed by atoms with Gasteiger partial charge >= 0.3 is 6.18 Å². The summed E-state index contributed by atoms with van der Waals surface area (Å²) >= 11 is 0. The fourth-order valence-electron chi connectivity index (χ4n) is 3.71. The lowest BCUT2D eigenvalue weighted by atomic mass is 10.1. The molecule has 1 aromatic carbocycles. The molecular weight excluding hydrogens is 445 g/mol. The van der Waals surface area contributed by atoms with Crippen LogP contribution in [0.3, 0.4) is 0 Å². The molecule has 4 aromatic heterocycles. The van der Waals surface area contributed by atoms with Crippen LogP contribution in [0.1, 0.15) is 11.1 Å². The van der Waals surface area contributed by atoms with Crippen molar-refractivity contribution in [3.05, 3.63) is 101 Å². The predicted octanol–water partition coefficient (Wildman–Crippen LogP) is 4.29. The molecule has 0 aliphatic rings. The number of nitrogens with two attached hydrogens (primary N) is 1. The second-order valence-corrected chi connectivity index (χ2v) is 7.65. The van der Waals surface area contributed by atoms with E-state index in [2.05, 4.69) is 15.1 Å². The lowest BCUT2D eigenvalue weighted by molar-refractivity contribution is -0.137. The topological polar surface area (TPSA) is 91.6 Å². The number of benzene rings is 1. The molecule has 0 aliphatic heterocycles. The van der Waals surface area contributed by atoms with Crippen LogP contribution < -0.4 is 11.3 Å². The van der Waals surface area contributed by atoms with Gasteiger partial charge in [-0.15, -0.1) is 0 Å². The highest BCUT2D eigenvalue weighted by Crippen LogP contribution is 2.31. The van der Waals surface area contributed by atoms with E-state index in [1.54, 1.807) is 48.9 Å². The van der Waals surface area contributed by atoms with E-state index in [9.17, 15) is 18.0 Å². The van der Waals surface area contributed by atoms with Gasteiger partial charge in [-0.25, -0.2) is 14.6 Å². The zero-order valence-electron chi connectivity index (χ0n) is 17.6. The van der Waals surface area contributed by atoms with E-state index in [0.29, 0.717) is 40.3 Å². The third kappa shape index (κ3) is 4.01. The average molecular weight is 462 g/mol. The second-order valence-electron chi connectivity index (χ2n) is 7.65. The van der Waals surface area contributed by atoms with E-state index < -0.39 is 11.7 Å². The highest BCUT2D eigenvalue weighted by molar-refractivity contribution is 5.91. The molecular formula is C24H17F3N6O. The van der Waals surface area contributed by atoms with E-state index >= 15 is 0 Å². The lowest BCUT2D eigenvalue weighted by Gasteiger charge is -2.08. The van der Waals surface area contributed by atoms with Crippen molar-refractivity contribution in [3.8, 4) is 16.9 Å². The molecule has 34 heavy (non-hydrogen) atoms. The first-order valence-electron chi connectivity index (χ1n) is 10.2. The number of hydrogen-bond donors (Lipinski definition) is 1. The number of halogens is 3. The van der Waals surface area contributed by atoms with Gasteiger partial charge in [-0.1, -0.05) is 0 Å². The first kappa shape index (κ1) is 21.4. The molecule has 0 bridgehead atoms. The molecule has 0 spiro atoms. The Morgan fingerprint density at radius 3 is 2.44 bits per heavy atom. The molecule has 0 unspecified atom stereocenters. The predicted molar refractivity (Wildman–Crippen MR) is 121 cm³/mol. The van der Waals surface area contributed by atoms with Gasteiger partial charge in [-0.3, -0.25) is 4.79 Å². The number of hydrogen-bond acceptors (Lipinski definition) is 5. The first-order chi connectivity index (χ1) is 16.3. The molecule has 5 rings (SSSR count). The number of nitrogens with zero attached hydrogens (tertiary/aromatic N) is 5. The summed E-state index contributed by atoms with van der Waals surface area (Å²) in [6.45, 7) is 0.328. The first-order valence-corrected chi connectivity index (χ1v) is 10.2. The van der Waals surface area contributed by atoms with Crippen molar-refractivity contribution in [3.63, 3.8) is 0 Å². The normalized spacial score (nSPS) is 11.7. The van der Waals surface area contributed by atoms with Crippen LogP contribution in [0.15, 0.2) is 84.0 Å². The summed E-state index contributed by atoms with van der Waals surface area (Å²) in [7, 11) is 0. The van der Waals surface area contributed by atoms with Gasteiger partial charge in [0, 0.05) is 35.6 Å². The molecule has 2 N–H and O–H groups in total. The molecule has 0 fully saturated rings. The van der Waals surface area contributed by atoms with Gasteiger partial charge in [0.2, 0.25) is 0 Å². The van der Waals surface area contributed by atoms with E-state index in [0.717, 1.165) is 17.7 Å². The van der Waals surface area contributed by atoms with Crippen LogP contribution in [0.5, 0.6) is 0 Å². The Balaban J connectivity index is 1.55. The summed E-state index contributed by atoms with van der Waals surface area (Å²) < 4.78 is 41.9. The zero-order valence-corrected chi connectivity index (χ0v) is 17.6. The van der Waals surface area contributed by atoms with Crippen LogP contribution in [0.4, 0.5) is 19.0 Å². The van der Waals surface area contributed by atoms with E-state index in [4.69, 9.17) is 5.73 Å². The summed E-state index contributed by atoms with van der Waals surface area (Å²) in [5.74, 6) is 0.370. The van der Waals surface area contributed by atoms with Crippen LogP contribution in [0, 0.1) is 0 Å². The van der Waals surface area contributed by atoms with Crippen molar-refractivity contribution in [1.29, 1.82) is 0 Å². The Kier molecular flexibility index (Phi) is 5.12. The number of alkyl halides is 3. The Labute approximate surface area is 190 Å². The molecule has 0 saturated heterocycles. The number of fused-ring (bicyclic) bond motifs is 1. The van der Waals surface area contributed by atoms with Crippen LogP contribution in [0.2, 0.25) is 0 Å². The minimum absolute atomic E-state index is 0.242. The minimum Gasteiger partial charge on any atom is -0.384 e. The monoisotopic (exact) mass is 462 g/mol. The number of aromatic nitrogens is 5. The van der Waals surface area contributed by atoms with Gasteiger partial charge in [0.15, 0.2) is 5.65 Å². The molecule has 0 saturated carbocycles. The molecule has 7 nitrogen and oxygen atoms in total. The largest absolute Gasteiger partial charge is 0.416 e. The van der Waals surface area contributed by atoms with Crippen molar-refractivity contribution in [1.82, 2.24) is 24.3 Å². The molecule has 0 amide bonds. The zero-order chi connectivity index (χ0) is 23.9. The maximum absolute atomic E-state index is 13.0. The summed E-state index contributed by atoms with van der Waals surface area (Å²) in [6, 6.07) is 14.9. The Hall–Kier alpha value is -4.47.